The summed E-state index contributed by atoms with van der Waals surface area (Å²) in [5.74, 6) is 0.627. The van der Waals surface area contributed by atoms with Gasteiger partial charge in [0, 0.05) is 0 Å². The lowest BCUT2D eigenvalue weighted by Gasteiger charge is -2.14. The molecule has 10 heavy (non-hydrogen) atoms. The predicted octanol–water partition coefficient (Wildman–Crippen LogP) is 1.19. The van der Waals surface area contributed by atoms with E-state index in [4.69, 9.17) is 11.6 Å². The Morgan fingerprint density at radius 1 is 1.20 bits per heavy atom. The van der Waals surface area contributed by atoms with Crippen LogP contribution in [0, 0.1) is 0 Å². The molecule has 0 bridgehead atoms. The second-order valence-corrected chi connectivity index (χ2v) is 2.13. The van der Waals surface area contributed by atoms with Gasteiger partial charge in [0.25, 0.3) is 0 Å². The van der Waals surface area contributed by atoms with E-state index in [0.717, 1.165) is 13.1 Å². The summed E-state index contributed by atoms with van der Waals surface area (Å²) >= 11 is 5.60. The van der Waals surface area contributed by atoms with Gasteiger partial charge in [0.1, 0.15) is 0 Å². The third-order valence-electron chi connectivity index (χ3n) is 1.06. The molecule has 0 amide bonds. The molecule has 64 valence electrons. The van der Waals surface area contributed by atoms with Crippen molar-refractivity contribution in [2.45, 2.75) is 20.0 Å². The molecule has 0 saturated heterocycles. The Hall–Kier alpha value is 0.500. The fourth-order valence-corrected chi connectivity index (χ4v) is 0.892. The molecule has 0 heterocycles. The Kier molecular flexibility index (Phi) is 12.5. The molecule has 2 nitrogen and oxygen atoms in total. The molecule has 0 spiro atoms. The molecule has 0 unspecified atom stereocenters. The largest absolute Gasteiger partial charge is 0.301 e. The lowest BCUT2D eigenvalue weighted by Crippen LogP contribution is -2.43. The highest BCUT2D eigenvalue weighted by atomic mass is 35.5. The Morgan fingerprint density at radius 3 is 1.80 bits per heavy atom. The van der Waals surface area contributed by atoms with E-state index in [-0.39, 0.29) is 18.6 Å². The molecule has 0 rings (SSSR count). The first-order valence-electron chi connectivity index (χ1n) is 3.37. The van der Waals surface area contributed by atoms with Gasteiger partial charge in [-0.05, 0) is 13.1 Å². The summed E-state index contributed by atoms with van der Waals surface area (Å²) in [5, 5.41) is 6.38. The second kappa shape index (κ2) is 9.50. The molecule has 0 aliphatic carbocycles. The molecule has 2 N–H and O–H groups in total. The minimum Gasteiger partial charge on any atom is -0.301 e. The normalized spacial score (nSPS) is 9.60. The zero-order chi connectivity index (χ0) is 7.11. The van der Waals surface area contributed by atoms with Crippen LogP contribution in [0.4, 0.5) is 0 Å². The highest BCUT2D eigenvalue weighted by Crippen LogP contribution is 1.81. The van der Waals surface area contributed by atoms with Gasteiger partial charge in [0.15, 0.2) is 0 Å². The standard InChI is InChI=1S/C6H15ClN2.ClH/c1-3-8-6(5-7)9-4-2;/h6,8-9H,3-5H2,1-2H3;1H. The summed E-state index contributed by atoms with van der Waals surface area (Å²) in [5.41, 5.74) is 0. The fourth-order valence-electron chi connectivity index (χ4n) is 0.674. The minimum absolute atomic E-state index is 0. The van der Waals surface area contributed by atoms with E-state index >= 15 is 0 Å². The molecular formula is C6H16Cl2N2. The van der Waals surface area contributed by atoms with E-state index in [1.165, 1.54) is 0 Å². The van der Waals surface area contributed by atoms with Crippen molar-refractivity contribution in [3.63, 3.8) is 0 Å². The van der Waals surface area contributed by atoms with Crippen LogP contribution in [0.25, 0.3) is 0 Å². The Balaban J connectivity index is 0. The molecule has 0 aliphatic rings. The third-order valence-corrected chi connectivity index (χ3v) is 1.36. The maximum Gasteiger partial charge on any atom is 0.0710 e. The van der Waals surface area contributed by atoms with E-state index in [9.17, 15) is 0 Å². The summed E-state index contributed by atoms with van der Waals surface area (Å²) in [6, 6.07) is 0. The number of hydrogen-bond acceptors (Lipinski definition) is 2. The van der Waals surface area contributed by atoms with Gasteiger partial charge in [-0.2, -0.15) is 0 Å². The number of hydrogen-bond donors (Lipinski definition) is 2. The van der Waals surface area contributed by atoms with Crippen LogP contribution >= 0.6 is 24.0 Å². The molecule has 0 saturated carbocycles. The van der Waals surface area contributed by atoms with Crippen molar-refractivity contribution in [3.8, 4) is 0 Å². The van der Waals surface area contributed by atoms with Gasteiger partial charge in [-0.25, -0.2) is 0 Å². The van der Waals surface area contributed by atoms with Gasteiger partial charge >= 0.3 is 0 Å². The van der Waals surface area contributed by atoms with Gasteiger partial charge in [-0.15, -0.1) is 24.0 Å². The first-order valence-corrected chi connectivity index (χ1v) is 3.91. The van der Waals surface area contributed by atoms with Crippen LogP contribution < -0.4 is 10.6 Å². The summed E-state index contributed by atoms with van der Waals surface area (Å²) in [6.45, 7) is 6.06. The lowest BCUT2D eigenvalue weighted by atomic mass is 10.5. The monoisotopic (exact) mass is 186 g/mol. The van der Waals surface area contributed by atoms with Crippen molar-refractivity contribution in [2.24, 2.45) is 0 Å². The minimum atomic E-state index is 0. The van der Waals surface area contributed by atoms with Gasteiger partial charge in [0.05, 0.1) is 12.0 Å². The van der Waals surface area contributed by atoms with E-state index in [0.29, 0.717) is 5.88 Å². The van der Waals surface area contributed by atoms with Crippen LogP contribution in [0.15, 0.2) is 0 Å². The maximum atomic E-state index is 5.60. The second-order valence-electron chi connectivity index (χ2n) is 1.82. The van der Waals surface area contributed by atoms with E-state index in [1.807, 2.05) is 0 Å². The van der Waals surface area contributed by atoms with Crippen molar-refractivity contribution in [1.82, 2.24) is 10.6 Å². The first kappa shape index (κ1) is 13.1. The van der Waals surface area contributed by atoms with Gasteiger partial charge in [-0.1, -0.05) is 13.8 Å². The number of nitrogens with one attached hydrogen (secondary N) is 2. The third kappa shape index (κ3) is 6.62. The topological polar surface area (TPSA) is 24.1 Å². The number of halogens is 2. The van der Waals surface area contributed by atoms with Crippen LogP contribution in [0.2, 0.25) is 0 Å². The highest BCUT2D eigenvalue weighted by molar-refractivity contribution is 6.18. The SMILES string of the molecule is CCNC(CCl)NCC.Cl. The van der Waals surface area contributed by atoms with Gasteiger partial charge in [-0.3, -0.25) is 0 Å². The average Bonchev–Trinajstić information content (AvgIpc) is 1.88. The Bertz CT molecular complexity index is 55.7. The highest BCUT2D eigenvalue weighted by Gasteiger charge is 1.99. The van der Waals surface area contributed by atoms with E-state index in [2.05, 4.69) is 24.5 Å². The van der Waals surface area contributed by atoms with Crippen molar-refractivity contribution < 1.29 is 0 Å². The molecule has 0 aromatic heterocycles. The zero-order valence-electron chi connectivity index (χ0n) is 6.48. The molecular weight excluding hydrogens is 171 g/mol. The van der Waals surface area contributed by atoms with Crippen LogP contribution in [0.3, 0.4) is 0 Å². The molecule has 0 aromatic rings. The molecule has 0 radical (unpaired) electrons. The van der Waals surface area contributed by atoms with Gasteiger partial charge < -0.3 is 10.6 Å². The lowest BCUT2D eigenvalue weighted by molar-refractivity contribution is 0.482. The summed E-state index contributed by atoms with van der Waals surface area (Å²) in [6.07, 6.45) is 0.279. The number of rotatable bonds is 5. The average molecular weight is 187 g/mol. The zero-order valence-corrected chi connectivity index (χ0v) is 8.06. The summed E-state index contributed by atoms with van der Waals surface area (Å²) in [4.78, 5) is 0. The molecule has 4 heteroatoms. The quantitative estimate of drug-likeness (QED) is 0.499. The molecule has 0 aromatic carbocycles. The van der Waals surface area contributed by atoms with Crippen LogP contribution in [-0.2, 0) is 0 Å². The first-order chi connectivity index (χ1) is 4.35. The molecule has 0 aliphatic heterocycles. The van der Waals surface area contributed by atoms with E-state index < -0.39 is 0 Å². The summed E-state index contributed by atoms with van der Waals surface area (Å²) < 4.78 is 0. The molecule has 0 fully saturated rings. The van der Waals surface area contributed by atoms with Crippen LogP contribution in [-0.4, -0.2) is 25.1 Å². The Labute approximate surface area is 74.1 Å². The fraction of sp³-hybridized carbons (Fsp3) is 1.00. The van der Waals surface area contributed by atoms with Crippen molar-refractivity contribution in [1.29, 1.82) is 0 Å². The number of alkyl halides is 1. The van der Waals surface area contributed by atoms with Crippen molar-refractivity contribution in [3.05, 3.63) is 0 Å². The summed E-state index contributed by atoms with van der Waals surface area (Å²) in [7, 11) is 0. The smallest absolute Gasteiger partial charge is 0.0710 e. The van der Waals surface area contributed by atoms with Gasteiger partial charge in [0.2, 0.25) is 0 Å². The predicted molar refractivity (Wildman–Crippen MR) is 49.1 cm³/mol. The maximum absolute atomic E-state index is 5.60. The Morgan fingerprint density at radius 2 is 1.60 bits per heavy atom. The van der Waals surface area contributed by atoms with Crippen LogP contribution in [0.5, 0.6) is 0 Å². The van der Waals surface area contributed by atoms with Crippen molar-refractivity contribution in [2.75, 3.05) is 19.0 Å². The van der Waals surface area contributed by atoms with Crippen LogP contribution in [0.1, 0.15) is 13.8 Å². The molecule has 0 atom stereocenters. The van der Waals surface area contributed by atoms with Crippen molar-refractivity contribution >= 4 is 24.0 Å². The van der Waals surface area contributed by atoms with E-state index in [1.54, 1.807) is 0 Å².